The fraction of sp³-hybridized carbons (Fsp3) is 0.467. The van der Waals surface area contributed by atoms with Gasteiger partial charge in [0, 0.05) is 12.7 Å². The largest absolute Gasteiger partial charge is 0.456 e. The van der Waals surface area contributed by atoms with Gasteiger partial charge < -0.3 is 15.0 Å². The number of nitrogens with one attached hydrogen (secondary N) is 1. The molecule has 1 N–H and O–H groups in total. The average molecular weight is 308 g/mol. The Hall–Kier alpha value is -1.82. The number of carbonyl (C=O) groups is 2. The molecule has 1 unspecified atom stereocenters. The molecule has 0 saturated carbocycles. The quantitative estimate of drug-likeness (QED) is 0.854. The van der Waals surface area contributed by atoms with E-state index in [4.69, 9.17) is 4.74 Å². The minimum absolute atomic E-state index is 0.226. The van der Waals surface area contributed by atoms with Gasteiger partial charge >= 0.3 is 12.0 Å². The van der Waals surface area contributed by atoms with Crippen molar-refractivity contribution in [3.63, 3.8) is 0 Å². The van der Waals surface area contributed by atoms with Crippen molar-refractivity contribution in [3.05, 3.63) is 33.7 Å². The van der Waals surface area contributed by atoms with E-state index in [1.807, 2.05) is 37.6 Å². The summed E-state index contributed by atoms with van der Waals surface area (Å²) in [6.45, 7) is 7.24. The first kappa shape index (κ1) is 15.6. The highest BCUT2D eigenvalue weighted by atomic mass is 32.1. The van der Waals surface area contributed by atoms with Crippen molar-refractivity contribution in [1.29, 1.82) is 0 Å². The van der Waals surface area contributed by atoms with Gasteiger partial charge in [-0.25, -0.2) is 9.59 Å². The number of esters is 1. The third-order valence-electron chi connectivity index (χ3n) is 3.25. The second kappa shape index (κ2) is 5.52. The summed E-state index contributed by atoms with van der Waals surface area (Å²) in [7, 11) is 1.64. The summed E-state index contributed by atoms with van der Waals surface area (Å²) >= 11 is 1.52. The Kier molecular flexibility index (Phi) is 4.09. The lowest BCUT2D eigenvalue weighted by molar-refractivity contribution is -0.150. The highest BCUT2D eigenvalue weighted by Crippen LogP contribution is 2.32. The van der Waals surface area contributed by atoms with Crippen LogP contribution in [0.3, 0.4) is 0 Å². The number of thiophene rings is 1. The Morgan fingerprint density at radius 1 is 1.43 bits per heavy atom. The zero-order chi connectivity index (χ0) is 15.8. The van der Waals surface area contributed by atoms with Gasteiger partial charge in [-0.15, -0.1) is 0 Å². The smallest absolute Gasteiger partial charge is 0.338 e. The van der Waals surface area contributed by atoms with Gasteiger partial charge in [-0.2, -0.15) is 11.3 Å². The molecule has 0 bridgehead atoms. The molecule has 2 rings (SSSR count). The maximum atomic E-state index is 12.5. The van der Waals surface area contributed by atoms with Crippen LogP contribution in [0.5, 0.6) is 0 Å². The van der Waals surface area contributed by atoms with E-state index in [2.05, 4.69) is 5.32 Å². The number of rotatable bonds is 2. The molecule has 1 atom stereocenters. The van der Waals surface area contributed by atoms with Crippen molar-refractivity contribution >= 4 is 23.3 Å². The van der Waals surface area contributed by atoms with Crippen molar-refractivity contribution in [2.45, 2.75) is 39.3 Å². The van der Waals surface area contributed by atoms with Crippen molar-refractivity contribution in [1.82, 2.24) is 10.2 Å². The molecule has 1 aliphatic heterocycles. The molecule has 1 aromatic rings. The highest BCUT2D eigenvalue weighted by molar-refractivity contribution is 7.08. The standard InChI is InChI=1S/C15H20N2O3S/c1-9-11(13(18)20-15(2,3)4)12(10-6-7-21-8-10)16-14(19)17(9)5/h6-8,12H,1-5H3,(H,16,19). The first-order valence-electron chi connectivity index (χ1n) is 6.71. The normalized spacial score (nSPS) is 19.6. The van der Waals surface area contributed by atoms with Gasteiger partial charge in [-0.3, -0.25) is 0 Å². The molecule has 0 saturated heterocycles. The number of urea groups is 1. The highest BCUT2D eigenvalue weighted by Gasteiger charge is 2.36. The molecule has 1 aliphatic rings. The molecule has 0 aliphatic carbocycles. The van der Waals surface area contributed by atoms with E-state index in [1.54, 1.807) is 14.0 Å². The Morgan fingerprint density at radius 3 is 2.62 bits per heavy atom. The predicted molar refractivity (Wildman–Crippen MR) is 81.9 cm³/mol. The van der Waals surface area contributed by atoms with E-state index in [0.717, 1.165) is 5.56 Å². The van der Waals surface area contributed by atoms with Gasteiger partial charge in [0.1, 0.15) is 5.60 Å². The summed E-state index contributed by atoms with van der Waals surface area (Å²) in [6, 6.07) is 1.21. The lowest BCUT2D eigenvalue weighted by Gasteiger charge is -2.34. The van der Waals surface area contributed by atoms with Gasteiger partial charge in [-0.05, 0) is 50.1 Å². The third-order valence-corrected chi connectivity index (χ3v) is 3.95. The molecule has 2 amide bonds. The van der Waals surface area contributed by atoms with E-state index in [-0.39, 0.29) is 6.03 Å². The van der Waals surface area contributed by atoms with Gasteiger partial charge in [0.05, 0.1) is 11.6 Å². The SMILES string of the molecule is CC1=C(C(=O)OC(C)(C)C)C(c2ccsc2)NC(=O)N1C. The number of hydrogen-bond acceptors (Lipinski definition) is 4. The number of carbonyl (C=O) groups excluding carboxylic acids is 2. The first-order chi connectivity index (χ1) is 9.70. The minimum atomic E-state index is -0.580. The van der Waals surface area contributed by atoms with Crippen molar-refractivity contribution in [2.24, 2.45) is 0 Å². The van der Waals surface area contributed by atoms with Gasteiger partial charge in [-0.1, -0.05) is 0 Å². The maximum absolute atomic E-state index is 12.5. The molecule has 0 fully saturated rings. The van der Waals surface area contributed by atoms with Crippen LogP contribution in [-0.2, 0) is 9.53 Å². The fourth-order valence-electron chi connectivity index (χ4n) is 2.12. The number of amides is 2. The van der Waals surface area contributed by atoms with E-state index >= 15 is 0 Å². The van der Waals surface area contributed by atoms with E-state index in [9.17, 15) is 9.59 Å². The minimum Gasteiger partial charge on any atom is -0.456 e. The third kappa shape index (κ3) is 3.26. The molecule has 5 nitrogen and oxygen atoms in total. The summed E-state index contributed by atoms with van der Waals surface area (Å²) < 4.78 is 5.49. The molecule has 0 spiro atoms. The van der Waals surface area contributed by atoms with Crippen LogP contribution in [0.2, 0.25) is 0 Å². The molecule has 21 heavy (non-hydrogen) atoms. The van der Waals surface area contributed by atoms with E-state index in [1.165, 1.54) is 16.2 Å². The van der Waals surface area contributed by atoms with Crippen LogP contribution >= 0.6 is 11.3 Å². The van der Waals surface area contributed by atoms with Gasteiger partial charge in [0.15, 0.2) is 0 Å². The average Bonchev–Trinajstić information content (AvgIpc) is 2.86. The molecular weight excluding hydrogens is 288 g/mol. The van der Waals surface area contributed by atoms with Crippen molar-refractivity contribution in [2.75, 3.05) is 7.05 Å². The molecule has 2 heterocycles. The Bertz CT molecular complexity index is 585. The summed E-state index contributed by atoms with van der Waals surface area (Å²) in [5.41, 5.74) is 1.40. The maximum Gasteiger partial charge on any atom is 0.338 e. The summed E-state index contributed by atoms with van der Waals surface area (Å²) in [6.07, 6.45) is 0. The number of nitrogens with zero attached hydrogens (tertiary/aromatic N) is 1. The van der Waals surface area contributed by atoms with Crippen LogP contribution in [0.15, 0.2) is 28.1 Å². The first-order valence-corrected chi connectivity index (χ1v) is 7.65. The zero-order valence-electron chi connectivity index (χ0n) is 12.9. The van der Waals surface area contributed by atoms with Crippen LogP contribution in [0.4, 0.5) is 4.79 Å². The van der Waals surface area contributed by atoms with E-state index in [0.29, 0.717) is 11.3 Å². The fourth-order valence-corrected chi connectivity index (χ4v) is 2.81. The zero-order valence-corrected chi connectivity index (χ0v) is 13.7. The molecule has 0 radical (unpaired) electrons. The number of ether oxygens (including phenoxy) is 1. The summed E-state index contributed by atoms with van der Waals surface area (Å²) in [5.74, 6) is -0.400. The predicted octanol–water partition coefficient (Wildman–Crippen LogP) is 3.06. The van der Waals surface area contributed by atoms with Gasteiger partial charge in [0.2, 0.25) is 0 Å². The summed E-state index contributed by atoms with van der Waals surface area (Å²) in [5, 5.41) is 6.69. The number of allylic oxidation sites excluding steroid dienone is 1. The van der Waals surface area contributed by atoms with Gasteiger partial charge in [0.25, 0.3) is 0 Å². The van der Waals surface area contributed by atoms with Crippen LogP contribution in [0.25, 0.3) is 0 Å². The second-order valence-electron chi connectivity index (χ2n) is 6.00. The lowest BCUT2D eigenvalue weighted by atomic mass is 9.97. The molecule has 114 valence electrons. The Balaban J connectivity index is 2.44. The molecule has 0 aromatic carbocycles. The van der Waals surface area contributed by atoms with Crippen molar-refractivity contribution in [3.8, 4) is 0 Å². The summed E-state index contributed by atoms with van der Waals surface area (Å²) in [4.78, 5) is 26.0. The molecular formula is C15H20N2O3S. The Labute approximate surface area is 128 Å². The topological polar surface area (TPSA) is 58.6 Å². The molecule has 1 aromatic heterocycles. The number of hydrogen-bond donors (Lipinski definition) is 1. The lowest BCUT2D eigenvalue weighted by Crippen LogP contribution is -2.46. The van der Waals surface area contributed by atoms with Crippen LogP contribution in [-0.4, -0.2) is 29.5 Å². The van der Waals surface area contributed by atoms with Crippen LogP contribution in [0.1, 0.15) is 39.3 Å². The van der Waals surface area contributed by atoms with Crippen LogP contribution in [0, 0.1) is 0 Å². The van der Waals surface area contributed by atoms with Crippen molar-refractivity contribution < 1.29 is 14.3 Å². The Morgan fingerprint density at radius 2 is 2.10 bits per heavy atom. The van der Waals surface area contributed by atoms with Crippen LogP contribution < -0.4 is 5.32 Å². The monoisotopic (exact) mass is 308 g/mol. The second-order valence-corrected chi connectivity index (χ2v) is 6.78. The van der Waals surface area contributed by atoms with E-state index < -0.39 is 17.6 Å². The molecule has 6 heteroatoms.